The molecular weight excluding hydrogens is 632 g/mol. The molecule has 2 aromatic rings. The van der Waals surface area contributed by atoms with Gasteiger partial charge in [-0.05, 0) is 31.3 Å². The molecule has 7 atom stereocenters. The van der Waals surface area contributed by atoms with Crippen molar-refractivity contribution in [2.24, 2.45) is 11.7 Å². The van der Waals surface area contributed by atoms with Crippen molar-refractivity contribution in [3.63, 3.8) is 0 Å². The van der Waals surface area contributed by atoms with Gasteiger partial charge in [0.15, 0.2) is 12.0 Å². The number of methoxy groups -OCH3 is 1. The zero-order valence-corrected chi connectivity index (χ0v) is 26.2. The van der Waals surface area contributed by atoms with Crippen LogP contribution in [-0.2, 0) is 33.8 Å². The van der Waals surface area contributed by atoms with Crippen LogP contribution in [0.1, 0.15) is 36.9 Å². The van der Waals surface area contributed by atoms with Crippen molar-refractivity contribution in [3.05, 3.63) is 28.1 Å². The predicted molar refractivity (Wildman–Crippen MR) is 162 cm³/mol. The third-order valence-corrected chi connectivity index (χ3v) is 9.37. The van der Waals surface area contributed by atoms with Crippen molar-refractivity contribution in [1.29, 1.82) is 5.41 Å². The van der Waals surface area contributed by atoms with Crippen LogP contribution >= 0.6 is 11.8 Å². The molecule has 5 rings (SSSR count). The maximum Gasteiger partial charge on any atom is 0.277 e. The topological polar surface area (TPSA) is 284 Å². The Labute approximate surface area is 266 Å². The predicted octanol–water partition coefficient (Wildman–Crippen LogP) is -1.52. The number of aromatic nitrogens is 4. The molecule has 3 fully saturated rings. The number of nitrogens with two attached hydrogens (primary N) is 2. The lowest BCUT2D eigenvalue weighted by Gasteiger charge is -2.33. The van der Waals surface area contributed by atoms with Gasteiger partial charge in [0.25, 0.3) is 5.56 Å². The summed E-state index contributed by atoms with van der Waals surface area (Å²) in [6.07, 6.45) is 1.20. The van der Waals surface area contributed by atoms with Gasteiger partial charge in [0.05, 0.1) is 18.2 Å². The fourth-order valence-corrected chi connectivity index (χ4v) is 6.94. The highest BCUT2D eigenvalue weighted by Gasteiger charge is 2.45. The van der Waals surface area contributed by atoms with Gasteiger partial charge in [0.1, 0.15) is 53.8 Å². The quantitative estimate of drug-likeness (QED) is 0.0395. The van der Waals surface area contributed by atoms with Gasteiger partial charge in [0.2, 0.25) is 5.95 Å². The minimum Gasteiger partial charge on any atom is -0.386 e. The summed E-state index contributed by atoms with van der Waals surface area (Å²) in [5, 5.41) is 24.2. The number of ether oxygens (including phenoxy) is 3. The number of aliphatic hydroxyl groups is 1. The molecule has 46 heavy (non-hydrogen) atoms. The molecule has 21 nitrogen and oxygen atoms in total. The van der Waals surface area contributed by atoms with Gasteiger partial charge in [-0.15, -0.1) is 11.8 Å². The van der Waals surface area contributed by atoms with E-state index >= 15 is 0 Å². The number of H-pyrrole nitrogens is 1. The summed E-state index contributed by atoms with van der Waals surface area (Å²) in [7, 11) is 2.95. The first-order valence-electron chi connectivity index (χ1n) is 14.4. The van der Waals surface area contributed by atoms with Gasteiger partial charge in [0, 0.05) is 19.9 Å². The molecule has 0 bridgehead atoms. The van der Waals surface area contributed by atoms with Crippen LogP contribution in [-0.4, -0.2) is 93.1 Å². The molecule has 4 heterocycles. The highest BCUT2D eigenvalue weighted by molar-refractivity contribution is 8.00. The van der Waals surface area contributed by atoms with Crippen LogP contribution in [0, 0.1) is 18.3 Å². The molecule has 2 saturated heterocycles. The Bertz CT molecular complexity index is 1380. The minimum atomic E-state index is -1.14. The van der Waals surface area contributed by atoms with Crippen molar-refractivity contribution in [3.8, 4) is 0 Å². The van der Waals surface area contributed by atoms with Crippen LogP contribution in [0.2, 0.25) is 0 Å². The maximum absolute atomic E-state index is 12.1. The van der Waals surface area contributed by atoms with E-state index in [9.17, 15) is 9.90 Å². The summed E-state index contributed by atoms with van der Waals surface area (Å²) in [5.41, 5.74) is 18.3. The number of nitrogens with one attached hydrogen (secondary N) is 7. The summed E-state index contributed by atoms with van der Waals surface area (Å²) in [4.78, 5) is 43.1. The number of thioether (sulfide) groups is 1. The zero-order valence-electron chi connectivity index (χ0n) is 25.3. The first-order chi connectivity index (χ1) is 22.2. The van der Waals surface area contributed by atoms with Crippen molar-refractivity contribution < 1.29 is 38.9 Å². The van der Waals surface area contributed by atoms with Crippen molar-refractivity contribution in [2.45, 2.75) is 67.6 Å². The third-order valence-electron chi connectivity index (χ3n) is 7.89. The van der Waals surface area contributed by atoms with E-state index in [1.165, 1.54) is 13.5 Å². The summed E-state index contributed by atoms with van der Waals surface area (Å²) in [6.45, 7) is 1.91. The second kappa shape index (κ2) is 15.6. The van der Waals surface area contributed by atoms with E-state index in [1.807, 2.05) is 11.5 Å². The largest absolute Gasteiger partial charge is 0.386 e. The first-order valence-corrected chi connectivity index (χ1v) is 15.4. The Balaban J connectivity index is 0.988. The molecule has 0 aromatic carbocycles. The molecule has 0 radical (unpaired) electrons. The van der Waals surface area contributed by atoms with Crippen LogP contribution in [0.15, 0.2) is 11.1 Å². The molecule has 1 saturated carbocycles. The number of hydrogen-bond donors (Lipinski definition) is 10. The molecule has 256 valence electrons. The number of imidazole rings is 1. The Morgan fingerprint density at radius 1 is 1.24 bits per heavy atom. The fraction of sp³-hybridized carbons (Fsp3) is 0.667. The number of aliphatic hydroxyl groups excluding tert-OH is 1. The normalized spacial score (nSPS) is 28.0. The molecule has 0 spiro atoms. The molecule has 1 aliphatic carbocycles. The van der Waals surface area contributed by atoms with E-state index in [0.29, 0.717) is 11.6 Å². The van der Waals surface area contributed by atoms with Crippen LogP contribution in [0.4, 0.5) is 17.5 Å². The van der Waals surface area contributed by atoms with Crippen LogP contribution in [0.3, 0.4) is 0 Å². The second-order valence-corrected chi connectivity index (χ2v) is 12.0. The number of nitrogens with zero attached hydrogens (tertiary/aromatic N) is 3. The number of anilines is 3. The monoisotopic (exact) mass is 672 g/mol. The smallest absolute Gasteiger partial charge is 0.277 e. The van der Waals surface area contributed by atoms with Gasteiger partial charge >= 0.3 is 0 Å². The van der Waals surface area contributed by atoms with E-state index in [1.54, 1.807) is 25.1 Å². The molecule has 2 aliphatic heterocycles. The molecule has 3 aliphatic rings. The maximum atomic E-state index is 12.1. The van der Waals surface area contributed by atoms with Crippen LogP contribution in [0.5, 0.6) is 0 Å². The fourth-order valence-electron chi connectivity index (χ4n) is 5.44. The van der Waals surface area contributed by atoms with E-state index in [4.69, 9.17) is 50.6 Å². The first kappa shape index (κ1) is 34.2. The molecule has 5 unspecified atom stereocenters. The average molecular weight is 673 g/mol. The van der Waals surface area contributed by atoms with Crippen molar-refractivity contribution in [1.82, 2.24) is 36.4 Å². The Morgan fingerprint density at radius 2 is 1.98 bits per heavy atom. The van der Waals surface area contributed by atoms with E-state index < -0.39 is 30.1 Å². The van der Waals surface area contributed by atoms with Gasteiger partial charge in [-0.2, -0.15) is 14.9 Å². The highest BCUT2D eigenvalue weighted by atomic mass is 32.2. The molecule has 12 N–H and O–H groups in total. The van der Waals surface area contributed by atoms with E-state index in [-0.39, 0.29) is 53.4 Å². The third kappa shape index (κ3) is 7.70. The van der Waals surface area contributed by atoms with E-state index in [0.717, 1.165) is 18.5 Å². The number of amidine groups is 1. The number of nitrogen functional groups attached to an aromatic ring is 2. The number of aromatic amines is 1. The molecule has 0 amide bonds. The molecule has 2 aromatic heterocycles. The Morgan fingerprint density at radius 3 is 2.61 bits per heavy atom. The average Bonchev–Trinajstić information content (AvgIpc) is 3.65. The Hall–Kier alpha value is -3.13. The lowest BCUT2D eigenvalue weighted by molar-refractivity contribution is -0.348. The molecular formula is C24H40N12O9S. The summed E-state index contributed by atoms with van der Waals surface area (Å²) in [6, 6.07) is 0. The summed E-state index contributed by atoms with van der Waals surface area (Å²) in [5.74, 6) is 0.416. The Kier molecular flexibility index (Phi) is 11.6. The summed E-state index contributed by atoms with van der Waals surface area (Å²) >= 11 is 1.68. The number of hydrogen-bond acceptors (Lipinski definition) is 19. The van der Waals surface area contributed by atoms with Crippen molar-refractivity contribution >= 4 is 35.1 Å². The number of rotatable bonds is 17. The van der Waals surface area contributed by atoms with Gasteiger partial charge < -0.3 is 46.0 Å². The lowest BCUT2D eigenvalue weighted by atomic mass is 9.82. The van der Waals surface area contributed by atoms with Gasteiger partial charge in [-0.25, -0.2) is 4.98 Å². The van der Waals surface area contributed by atoms with Gasteiger partial charge in [-0.3, -0.25) is 24.9 Å². The lowest BCUT2D eigenvalue weighted by Crippen LogP contribution is -2.39. The van der Waals surface area contributed by atoms with Crippen molar-refractivity contribution in [2.75, 3.05) is 43.7 Å². The second-order valence-electron chi connectivity index (χ2n) is 10.7. The zero-order chi connectivity index (χ0) is 32.8. The van der Waals surface area contributed by atoms with Crippen LogP contribution in [0.25, 0.3) is 0 Å². The SMILES string of the molecule is CNc1c(NC2OC(CONONONOC[C@H]3OC(n4cnc(C(=N)N)c4C)[C@@H](C4CCC4)S3)C(OC)C2O)nc(N)[nH]c1=O. The summed E-state index contributed by atoms with van der Waals surface area (Å²) < 4.78 is 19.4. The minimum absolute atomic E-state index is 0.0835. The highest BCUT2D eigenvalue weighted by Crippen LogP contribution is 2.49. The van der Waals surface area contributed by atoms with E-state index in [2.05, 4.69) is 42.5 Å². The van der Waals surface area contributed by atoms with Gasteiger partial charge in [-0.1, -0.05) is 17.7 Å². The molecule has 22 heteroatoms. The standard InChI is InChI=1S/C24H40N12O9S/c1-10-14(19(25)26)29-9-36(10)23-18(11-5-4-6-11)46-13(43-23)8-41-34-45-35-44-33-40-7-12-17(39-3)16(37)22(42-12)30-20-15(28-2)21(38)32-24(27)31-20/h9,11-13,16-18,22-23,28,33-35,37H,4-8H2,1-3H3,(H3,25,26)(H4,27,30,31,32,38)/t12?,13-,16?,17?,18+,22?,23?/m0/s1. The van der Waals surface area contributed by atoms with Crippen LogP contribution < -0.4 is 44.6 Å².